The van der Waals surface area contributed by atoms with Crippen molar-refractivity contribution in [3.05, 3.63) is 21.8 Å². The molecule has 2 aromatic heterocycles. The van der Waals surface area contributed by atoms with Gasteiger partial charge in [-0.1, -0.05) is 0 Å². The summed E-state index contributed by atoms with van der Waals surface area (Å²) in [5, 5.41) is 15.5. The number of rotatable bonds is 2. The minimum Gasteiger partial charge on any atom is -0.474 e. The molecule has 72 valence electrons. The first-order chi connectivity index (χ1) is 6.66. The Labute approximate surface area is 90.5 Å². The number of aromatic nitrogens is 2. The number of nitrogens with zero attached hydrogens (tertiary/aromatic N) is 2. The zero-order chi connectivity index (χ0) is 10.1. The van der Waals surface area contributed by atoms with Crippen molar-refractivity contribution in [2.24, 2.45) is 0 Å². The lowest BCUT2D eigenvalue weighted by Gasteiger charge is -1.84. The lowest BCUT2D eigenvalue weighted by molar-refractivity contribution is 0.0654. The summed E-state index contributed by atoms with van der Waals surface area (Å²) in [5.41, 5.74) is 0. The van der Waals surface area contributed by atoms with E-state index in [0.29, 0.717) is 0 Å². The average molecular weight is 275 g/mol. The van der Waals surface area contributed by atoms with Gasteiger partial charge in [0, 0.05) is 0 Å². The molecular weight excluding hydrogens is 272 g/mol. The molecule has 0 aliphatic heterocycles. The number of carboxylic acid groups (broad SMARTS) is 1. The molecule has 5 nitrogen and oxygen atoms in total. The van der Waals surface area contributed by atoms with Crippen LogP contribution < -0.4 is 0 Å². The van der Waals surface area contributed by atoms with E-state index in [0.717, 1.165) is 8.66 Å². The SMILES string of the molecule is O=C(O)c1nnc(-c2ccc(Br)s2)o1. The Morgan fingerprint density at radius 3 is 2.79 bits per heavy atom. The van der Waals surface area contributed by atoms with Crippen molar-refractivity contribution in [2.75, 3.05) is 0 Å². The zero-order valence-electron chi connectivity index (χ0n) is 6.60. The normalized spacial score (nSPS) is 10.4. The molecule has 14 heavy (non-hydrogen) atoms. The van der Waals surface area contributed by atoms with E-state index in [1.807, 2.05) is 6.07 Å². The molecule has 0 aliphatic carbocycles. The van der Waals surface area contributed by atoms with Crippen molar-refractivity contribution in [3.8, 4) is 10.8 Å². The van der Waals surface area contributed by atoms with Crippen LogP contribution >= 0.6 is 27.3 Å². The highest BCUT2D eigenvalue weighted by atomic mass is 79.9. The minimum absolute atomic E-state index is 0.220. The summed E-state index contributed by atoms with van der Waals surface area (Å²) in [7, 11) is 0. The number of thiophene rings is 1. The van der Waals surface area contributed by atoms with Crippen molar-refractivity contribution in [2.45, 2.75) is 0 Å². The molecule has 2 aromatic rings. The van der Waals surface area contributed by atoms with Gasteiger partial charge in [-0.15, -0.1) is 21.5 Å². The lowest BCUT2D eigenvalue weighted by Crippen LogP contribution is -1.95. The van der Waals surface area contributed by atoms with Gasteiger partial charge in [0.1, 0.15) is 0 Å². The van der Waals surface area contributed by atoms with E-state index in [2.05, 4.69) is 26.1 Å². The fourth-order valence-corrected chi connectivity index (χ4v) is 2.15. The highest BCUT2D eigenvalue weighted by Gasteiger charge is 2.15. The Balaban J connectivity index is 2.38. The molecule has 0 atom stereocenters. The Bertz CT molecular complexity index is 479. The summed E-state index contributed by atoms with van der Waals surface area (Å²) >= 11 is 4.67. The highest BCUT2D eigenvalue weighted by Crippen LogP contribution is 2.30. The second-order valence-corrected chi connectivity index (χ2v) is 4.78. The van der Waals surface area contributed by atoms with Crippen LogP contribution in [0.4, 0.5) is 0 Å². The Hall–Kier alpha value is -1.21. The zero-order valence-corrected chi connectivity index (χ0v) is 9.00. The highest BCUT2D eigenvalue weighted by molar-refractivity contribution is 9.11. The standard InChI is InChI=1S/C7H3BrN2O3S/c8-4-2-1-3(14-4)5-9-10-6(13-5)7(11)12/h1-2H,(H,11,12). The number of carbonyl (C=O) groups is 1. The third-order valence-corrected chi connectivity index (χ3v) is 3.00. The first-order valence-electron chi connectivity index (χ1n) is 3.49. The molecule has 0 aromatic carbocycles. The van der Waals surface area contributed by atoms with Gasteiger partial charge in [0.15, 0.2) is 0 Å². The van der Waals surface area contributed by atoms with Gasteiger partial charge < -0.3 is 9.52 Å². The molecule has 0 aliphatic rings. The topological polar surface area (TPSA) is 76.2 Å². The van der Waals surface area contributed by atoms with Crippen LogP contribution in [0.1, 0.15) is 10.7 Å². The average Bonchev–Trinajstić information content (AvgIpc) is 2.70. The smallest absolute Gasteiger partial charge is 0.393 e. The largest absolute Gasteiger partial charge is 0.474 e. The van der Waals surface area contributed by atoms with Crippen LogP contribution in [0, 0.1) is 0 Å². The molecular formula is C7H3BrN2O3S. The van der Waals surface area contributed by atoms with Gasteiger partial charge in [0.25, 0.3) is 5.89 Å². The Morgan fingerprint density at radius 2 is 2.29 bits per heavy atom. The van der Waals surface area contributed by atoms with Crippen LogP contribution in [0.2, 0.25) is 0 Å². The van der Waals surface area contributed by atoms with E-state index in [4.69, 9.17) is 9.52 Å². The van der Waals surface area contributed by atoms with Crippen molar-refractivity contribution in [3.63, 3.8) is 0 Å². The van der Waals surface area contributed by atoms with Crippen LogP contribution in [-0.2, 0) is 0 Å². The second kappa shape index (κ2) is 3.50. The molecule has 0 saturated carbocycles. The first-order valence-corrected chi connectivity index (χ1v) is 5.10. The summed E-state index contributed by atoms with van der Waals surface area (Å²) in [6.45, 7) is 0. The molecule has 0 radical (unpaired) electrons. The molecule has 0 spiro atoms. The summed E-state index contributed by atoms with van der Waals surface area (Å²) in [4.78, 5) is 11.2. The predicted molar refractivity (Wildman–Crippen MR) is 52.3 cm³/mol. The fourth-order valence-electron chi connectivity index (χ4n) is 0.838. The van der Waals surface area contributed by atoms with Gasteiger partial charge in [-0.3, -0.25) is 0 Å². The maximum Gasteiger partial charge on any atom is 0.393 e. The summed E-state index contributed by atoms with van der Waals surface area (Å²) < 4.78 is 5.83. The number of hydrogen-bond donors (Lipinski definition) is 1. The maximum absolute atomic E-state index is 10.4. The van der Waals surface area contributed by atoms with E-state index in [1.165, 1.54) is 11.3 Å². The summed E-state index contributed by atoms with van der Waals surface area (Å²) in [6.07, 6.45) is 0. The van der Waals surface area contributed by atoms with Crippen molar-refractivity contribution < 1.29 is 14.3 Å². The van der Waals surface area contributed by atoms with Crippen LogP contribution in [0.15, 0.2) is 20.3 Å². The van der Waals surface area contributed by atoms with Crippen molar-refractivity contribution in [1.29, 1.82) is 0 Å². The Morgan fingerprint density at radius 1 is 1.50 bits per heavy atom. The van der Waals surface area contributed by atoms with Gasteiger partial charge in [-0.05, 0) is 28.1 Å². The lowest BCUT2D eigenvalue weighted by atomic mass is 10.5. The fraction of sp³-hybridized carbons (Fsp3) is 0. The van der Waals surface area contributed by atoms with Gasteiger partial charge in [-0.2, -0.15) is 0 Å². The number of halogens is 1. The van der Waals surface area contributed by atoms with Gasteiger partial charge in [0.2, 0.25) is 0 Å². The van der Waals surface area contributed by atoms with Crippen LogP contribution in [0.5, 0.6) is 0 Å². The van der Waals surface area contributed by atoms with Crippen LogP contribution in [0.3, 0.4) is 0 Å². The van der Waals surface area contributed by atoms with Gasteiger partial charge in [0.05, 0.1) is 8.66 Å². The van der Waals surface area contributed by atoms with E-state index in [1.54, 1.807) is 6.07 Å². The second-order valence-electron chi connectivity index (χ2n) is 2.32. The molecule has 2 heterocycles. The molecule has 0 unspecified atom stereocenters. The maximum atomic E-state index is 10.4. The number of aromatic carboxylic acids is 1. The summed E-state index contributed by atoms with van der Waals surface area (Å²) in [5.74, 6) is -1.40. The van der Waals surface area contributed by atoms with Crippen molar-refractivity contribution in [1.82, 2.24) is 10.2 Å². The van der Waals surface area contributed by atoms with Gasteiger partial charge in [-0.25, -0.2) is 4.79 Å². The van der Waals surface area contributed by atoms with Crippen LogP contribution in [-0.4, -0.2) is 21.3 Å². The Kier molecular flexibility index (Phi) is 2.34. The van der Waals surface area contributed by atoms with Crippen LogP contribution in [0.25, 0.3) is 10.8 Å². The molecule has 1 N–H and O–H groups in total. The molecule has 0 bridgehead atoms. The number of carboxylic acids is 1. The van der Waals surface area contributed by atoms with E-state index < -0.39 is 11.9 Å². The number of hydrogen-bond acceptors (Lipinski definition) is 5. The molecule has 0 amide bonds. The van der Waals surface area contributed by atoms with E-state index in [-0.39, 0.29) is 5.89 Å². The molecule has 0 saturated heterocycles. The monoisotopic (exact) mass is 274 g/mol. The van der Waals surface area contributed by atoms with E-state index >= 15 is 0 Å². The van der Waals surface area contributed by atoms with Gasteiger partial charge >= 0.3 is 11.9 Å². The molecule has 7 heteroatoms. The predicted octanol–water partition coefficient (Wildman–Crippen LogP) is 2.26. The quantitative estimate of drug-likeness (QED) is 0.909. The summed E-state index contributed by atoms with van der Waals surface area (Å²) in [6, 6.07) is 3.60. The molecule has 2 rings (SSSR count). The third kappa shape index (κ3) is 1.68. The van der Waals surface area contributed by atoms with E-state index in [9.17, 15) is 4.79 Å². The minimum atomic E-state index is -1.22. The third-order valence-electron chi connectivity index (χ3n) is 1.39. The molecule has 0 fully saturated rings. The van der Waals surface area contributed by atoms with Crippen molar-refractivity contribution >= 4 is 33.2 Å². The first kappa shape index (κ1) is 9.35.